The molecule has 3 N–H and O–H groups in total. The number of nitrogens with zero attached hydrogens (tertiary/aromatic N) is 2. The molecule has 0 bridgehead atoms. The number of hydrogen-bond acceptors (Lipinski definition) is 4. The van der Waals surface area contributed by atoms with Gasteiger partial charge in [-0.05, 0) is 12.1 Å². The van der Waals surface area contributed by atoms with Crippen LogP contribution in [-0.4, -0.2) is 35.1 Å². The molecule has 0 saturated heterocycles. The van der Waals surface area contributed by atoms with Gasteiger partial charge in [-0.2, -0.15) is 0 Å². The van der Waals surface area contributed by atoms with E-state index < -0.39 is 11.9 Å². The summed E-state index contributed by atoms with van der Waals surface area (Å²) in [4.78, 5) is 26.9. The van der Waals surface area contributed by atoms with Crippen LogP contribution in [0.5, 0.6) is 0 Å². The smallest absolute Gasteiger partial charge is 0.323 e. The molecule has 1 aromatic rings. The normalized spacial score (nSPS) is 9.35. The molecule has 1 aromatic heterocycles. The minimum absolute atomic E-state index is 0.0848. The van der Waals surface area contributed by atoms with Gasteiger partial charge in [-0.3, -0.25) is 9.59 Å². The molecule has 0 radical (unpaired) electrons. The van der Waals surface area contributed by atoms with Gasteiger partial charge in [-0.25, -0.2) is 4.98 Å². The molecular weight excluding hydrogens is 222 g/mol. The highest BCUT2D eigenvalue weighted by atomic mass is 16.4. The number of amides is 1. The number of carboxylic acids is 1. The highest BCUT2D eigenvalue weighted by Crippen LogP contribution is 2.11. The zero-order valence-corrected chi connectivity index (χ0v) is 8.96. The second kappa shape index (κ2) is 5.51. The number of carboxylic acid groups (broad SMARTS) is 1. The van der Waals surface area contributed by atoms with Crippen LogP contribution < -0.4 is 10.6 Å². The van der Waals surface area contributed by atoms with Crippen molar-refractivity contribution in [3.8, 4) is 12.3 Å². The number of carbonyl (C=O) groups is 2. The van der Waals surface area contributed by atoms with E-state index in [0.29, 0.717) is 5.82 Å². The fourth-order valence-corrected chi connectivity index (χ4v) is 1.24. The van der Waals surface area contributed by atoms with Crippen molar-refractivity contribution in [2.75, 3.05) is 18.0 Å². The van der Waals surface area contributed by atoms with Crippen LogP contribution in [0.25, 0.3) is 0 Å². The second-order valence-corrected chi connectivity index (χ2v) is 3.22. The highest BCUT2D eigenvalue weighted by molar-refractivity contribution is 5.93. The largest absolute Gasteiger partial charge is 0.480 e. The number of nitrogens with two attached hydrogens (primary N) is 1. The summed E-state index contributed by atoms with van der Waals surface area (Å²) in [5.74, 6) is 0.991. The first-order valence-corrected chi connectivity index (χ1v) is 4.70. The van der Waals surface area contributed by atoms with Gasteiger partial charge in [0, 0.05) is 11.8 Å². The van der Waals surface area contributed by atoms with Gasteiger partial charge in [0.2, 0.25) is 5.91 Å². The molecule has 0 unspecified atom stereocenters. The van der Waals surface area contributed by atoms with Crippen LogP contribution in [0.4, 0.5) is 5.82 Å². The van der Waals surface area contributed by atoms with Gasteiger partial charge in [0.05, 0.1) is 6.54 Å². The lowest BCUT2D eigenvalue weighted by Crippen LogP contribution is -2.31. The van der Waals surface area contributed by atoms with E-state index in [-0.39, 0.29) is 18.7 Å². The van der Waals surface area contributed by atoms with Crippen LogP contribution in [0.3, 0.4) is 0 Å². The van der Waals surface area contributed by atoms with Crippen molar-refractivity contribution in [1.82, 2.24) is 4.98 Å². The van der Waals surface area contributed by atoms with Gasteiger partial charge in [-0.15, -0.1) is 6.42 Å². The fraction of sp³-hybridized carbons (Fsp3) is 0.182. The lowest BCUT2D eigenvalue weighted by Gasteiger charge is -2.18. The van der Waals surface area contributed by atoms with E-state index >= 15 is 0 Å². The van der Waals surface area contributed by atoms with Crippen molar-refractivity contribution < 1.29 is 14.7 Å². The zero-order valence-electron chi connectivity index (χ0n) is 8.96. The Labute approximate surface area is 98.1 Å². The van der Waals surface area contributed by atoms with E-state index in [1.54, 1.807) is 0 Å². The van der Waals surface area contributed by atoms with Crippen molar-refractivity contribution >= 4 is 17.7 Å². The number of pyridine rings is 1. The average molecular weight is 233 g/mol. The Kier molecular flexibility index (Phi) is 4.06. The van der Waals surface area contributed by atoms with Crippen LogP contribution in [0.15, 0.2) is 18.3 Å². The molecule has 0 saturated carbocycles. The first-order chi connectivity index (χ1) is 8.04. The van der Waals surface area contributed by atoms with Crippen molar-refractivity contribution in [1.29, 1.82) is 0 Å². The van der Waals surface area contributed by atoms with Gasteiger partial charge in [0.1, 0.15) is 12.4 Å². The predicted molar refractivity (Wildman–Crippen MR) is 61.4 cm³/mol. The third-order valence-corrected chi connectivity index (χ3v) is 1.96. The summed E-state index contributed by atoms with van der Waals surface area (Å²) in [7, 11) is 0. The monoisotopic (exact) mass is 233 g/mol. The molecule has 6 heteroatoms. The summed E-state index contributed by atoms with van der Waals surface area (Å²) in [6, 6.07) is 2.85. The first-order valence-electron chi connectivity index (χ1n) is 4.70. The third-order valence-electron chi connectivity index (χ3n) is 1.96. The SMILES string of the molecule is C#CCN(CC(=O)O)c1cc(C(N)=O)ccn1. The Morgan fingerprint density at radius 3 is 2.82 bits per heavy atom. The molecule has 6 nitrogen and oxygen atoms in total. The number of hydrogen-bond donors (Lipinski definition) is 2. The van der Waals surface area contributed by atoms with Crippen molar-refractivity contribution in [2.45, 2.75) is 0 Å². The second-order valence-electron chi connectivity index (χ2n) is 3.22. The Balaban J connectivity index is 3.01. The Bertz CT molecular complexity index is 479. The van der Waals surface area contributed by atoms with E-state index in [0.717, 1.165) is 0 Å². The number of carbonyl (C=O) groups excluding carboxylic acids is 1. The van der Waals surface area contributed by atoms with Crippen LogP contribution in [0.1, 0.15) is 10.4 Å². The predicted octanol–water partition coefficient (Wildman–Crippen LogP) is -0.295. The number of aromatic nitrogens is 1. The van der Waals surface area contributed by atoms with E-state index in [1.165, 1.54) is 23.2 Å². The molecule has 0 fully saturated rings. The van der Waals surface area contributed by atoms with Crippen molar-refractivity contribution in [3.63, 3.8) is 0 Å². The number of aliphatic carboxylic acids is 1. The Morgan fingerprint density at radius 1 is 1.59 bits per heavy atom. The first kappa shape index (κ1) is 12.5. The summed E-state index contributed by atoms with van der Waals surface area (Å²) in [5.41, 5.74) is 5.37. The molecule has 1 rings (SSSR count). The van der Waals surface area contributed by atoms with Crippen molar-refractivity contribution in [3.05, 3.63) is 23.9 Å². The molecule has 0 spiro atoms. The minimum atomic E-state index is -1.04. The summed E-state index contributed by atoms with van der Waals surface area (Å²) >= 11 is 0. The van der Waals surface area contributed by atoms with Gasteiger partial charge in [0.25, 0.3) is 0 Å². The van der Waals surface area contributed by atoms with Crippen molar-refractivity contribution in [2.24, 2.45) is 5.73 Å². The van der Waals surface area contributed by atoms with Crippen LogP contribution >= 0.6 is 0 Å². The third kappa shape index (κ3) is 3.50. The van der Waals surface area contributed by atoms with Crippen LogP contribution in [-0.2, 0) is 4.79 Å². The maximum absolute atomic E-state index is 11.0. The lowest BCUT2D eigenvalue weighted by atomic mass is 10.2. The van der Waals surface area contributed by atoms with Crippen LogP contribution in [0.2, 0.25) is 0 Å². The minimum Gasteiger partial charge on any atom is -0.480 e. The number of primary amides is 1. The Hall–Kier alpha value is -2.55. The van der Waals surface area contributed by atoms with Crippen LogP contribution in [0, 0.1) is 12.3 Å². The molecule has 0 aromatic carbocycles. The zero-order chi connectivity index (χ0) is 12.8. The maximum Gasteiger partial charge on any atom is 0.323 e. The topological polar surface area (TPSA) is 96.5 Å². The molecule has 0 aliphatic carbocycles. The summed E-state index contributed by atoms with van der Waals surface area (Å²) in [6.45, 7) is -0.207. The molecule has 0 atom stereocenters. The summed E-state index contributed by atoms with van der Waals surface area (Å²) in [6.07, 6.45) is 6.51. The molecule has 1 heterocycles. The number of rotatable bonds is 5. The number of terminal acetylenes is 1. The standard InChI is InChI=1S/C11H11N3O3/c1-2-5-14(7-10(15)16)9-6-8(11(12)17)3-4-13-9/h1,3-4,6H,5,7H2,(H2,12,17)(H,15,16). The number of anilines is 1. The molecule has 0 aliphatic rings. The molecule has 17 heavy (non-hydrogen) atoms. The molecule has 1 amide bonds. The van der Waals surface area contributed by atoms with E-state index in [9.17, 15) is 9.59 Å². The van der Waals surface area contributed by atoms with E-state index in [2.05, 4.69) is 10.9 Å². The fourth-order valence-electron chi connectivity index (χ4n) is 1.24. The van der Waals surface area contributed by atoms with Gasteiger partial charge >= 0.3 is 5.97 Å². The highest BCUT2D eigenvalue weighted by Gasteiger charge is 2.12. The average Bonchev–Trinajstić information content (AvgIpc) is 2.28. The quantitative estimate of drug-likeness (QED) is 0.681. The lowest BCUT2D eigenvalue weighted by molar-refractivity contribution is -0.135. The summed E-state index contributed by atoms with van der Waals surface area (Å²) in [5, 5.41) is 8.72. The Morgan fingerprint density at radius 2 is 2.29 bits per heavy atom. The molecular formula is C11H11N3O3. The summed E-state index contributed by atoms with van der Waals surface area (Å²) < 4.78 is 0. The van der Waals surface area contributed by atoms with Gasteiger partial charge in [-0.1, -0.05) is 5.92 Å². The van der Waals surface area contributed by atoms with E-state index in [1.807, 2.05) is 0 Å². The van der Waals surface area contributed by atoms with Gasteiger partial charge in [0.15, 0.2) is 0 Å². The maximum atomic E-state index is 11.0. The molecule has 88 valence electrons. The van der Waals surface area contributed by atoms with E-state index in [4.69, 9.17) is 17.3 Å². The molecule has 0 aliphatic heterocycles. The van der Waals surface area contributed by atoms with Gasteiger partial charge < -0.3 is 15.7 Å².